The van der Waals surface area contributed by atoms with E-state index in [-0.39, 0.29) is 11.8 Å². The fourth-order valence-corrected chi connectivity index (χ4v) is 1.79. The highest BCUT2D eigenvalue weighted by Gasteiger charge is 2.31. The van der Waals surface area contributed by atoms with Crippen molar-refractivity contribution >= 4 is 23.3 Å². The Balaban J connectivity index is 1.79. The molecule has 1 heterocycles. The zero-order valence-electron chi connectivity index (χ0n) is 8.74. The summed E-state index contributed by atoms with van der Waals surface area (Å²) in [5.74, 6) is 1.97. The molecular weight excluding hydrogens is 226 g/mol. The van der Waals surface area contributed by atoms with E-state index in [4.69, 9.17) is 11.6 Å². The zero-order chi connectivity index (χ0) is 11.1. The third-order valence-electron chi connectivity index (χ3n) is 2.85. The molecule has 1 aromatic rings. The van der Waals surface area contributed by atoms with Crippen molar-refractivity contribution in [2.24, 2.45) is 5.92 Å². The second-order valence-corrected chi connectivity index (χ2v) is 4.86. The number of hydrogen-bond acceptors (Lipinski definition) is 3. The maximum Gasteiger partial charge on any atom is 0.228 e. The third kappa shape index (κ3) is 2.16. The molecule has 4 nitrogen and oxygen atoms in total. The highest BCUT2D eigenvalue weighted by atomic mass is 35.5. The van der Waals surface area contributed by atoms with Crippen LogP contribution in [0.3, 0.4) is 0 Å². The maximum absolute atomic E-state index is 11.6. The van der Waals surface area contributed by atoms with Gasteiger partial charge in [0, 0.05) is 17.9 Å². The molecule has 0 atom stereocenters. The summed E-state index contributed by atoms with van der Waals surface area (Å²) < 4.78 is 0. The first-order chi connectivity index (χ1) is 7.72. The molecule has 1 N–H and O–H groups in total. The molecule has 84 valence electrons. The van der Waals surface area contributed by atoms with Gasteiger partial charge in [0.15, 0.2) is 0 Å². The standard InChI is InChI=1S/C11H12ClN3O/c12-8-5-9(15-11(16)7-3-4-7)14-10(13-8)6-1-2-6/h5-7H,1-4H2,(H,13,14,15,16). The molecule has 0 saturated heterocycles. The van der Waals surface area contributed by atoms with Crippen LogP contribution in [0.4, 0.5) is 5.82 Å². The van der Waals surface area contributed by atoms with Crippen LogP contribution in [0.25, 0.3) is 0 Å². The van der Waals surface area contributed by atoms with Gasteiger partial charge in [0.05, 0.1) is 0 Å². The van der Waals surface area contributed by atoms with E-state index in [0.717, 1.165) is 31.5 Å². The van der Waals surface area contributed by atoms with Crippen LogP contribution in [0.5, 0.6) is 0 Å². The van der Waals surface area contributed by atoms with Crippen LogP contribution in [-0.2, 0) is 4.79 Å². The Bertz CT molecular complexity index is 441. The molecule has 0 unspecified atom stereocenters. The lowest BCUT2D eigenvalue weighted by atomic mass is 10.3. The lowest BCUT2D eigenvalue weighted by Gasteiger charge is -2.05. The predicted molar refractivity (Wildman–Crippen MR) is 60.4 cm³/mol. The molecular formula is C11H12ClN3O. The van der Waals surface area contributed by atoms with Gasteiger partial charge in [-0.05, 0) is 25.7 Å². The number of halogens is 1. The van der Waals surface area contributed by atoms with Gasteiger partial charge in [-0.15, -0.1) is 0 Å². The van der Waals surface area contributed by atoms with E-state index in [1.807, 2.05) is 0 Å². The molecule has 5 heteroatoms. The number of nitrogens with zero attached hydrogens (tertiary/aromatic N) is 2. The Kier molecular flexibility index (Phi) is 2.32. The van der Waals surface area contributed by atoms with Gasteiger partial charge in [-0.3, -0.25) is 4.79 Å². The Morgan fingerprint density at radius 3 is 2.69 bits per heavy atom. The average Bonchev–Trinajstić information content (AvgIpc) is 3.10. The van der Waals surface area contributed by atoms with Gasteiger partial charge < -0.3 is 5.32 Å². The maximum atomic E-state index is 11.6. The van der Waals surface area contributed by atoms with Crippen molar-refractivity contribution in [3.05, 3.63) is 17.0 Å². The number of rotatable bonds is 3. The number of carbonyl (C=O) groups is 1. The summed E-state index contributed by atoms with van der Waals surface area (Å²) in [5.41, 5.74) is 0. The van der Waals surface area contributed by atoms with Crippen LogP contribution in [0.1, 0.15) is 37.4 Å². The van der Waals surface area contributed by atoms with E-state index in [0.29, 0.717) is 16.9 Å². The number of carbonyl (C=O) groups excluding carboxylic acids is 1. The van der Waals surface area contributed by atoms with Crippen molar-refractivity contribution in [1.29, 1.82) is 0 Å². The lowest BCUT2D eigenvalue weighted by molar-refractivity contribution is -0.117. The molecule has 0 spiro atoms. The number of amides is 1. The largest absolute Gasteiger partial charge is 0.310 e. The highest BCUT2D eigenvalue weighted by Crippen LogP contribution is 2.39. The van der Waals surface area contributed by atoms with Crippen molar-refractivity contribution in [2.45, 2.75) is 31.6 Å². The van der Waals surface area contributed by atoms with Crippen LogP contribution in [0.2, 0.25) is 5.15 Å². The lowest BCUT2D eigenvalue weighted by Crippen LogP contribution is -2.15. The van der Waals surface area contributed by atoms with E-state index in [1.54, 1.807) is 6.07 Å². The molecule has 0 radical (unpaired) electrons. The van der Waals surface area contributed by atoms with Crippen LogP contribution in [0.15, 0.2) is 6.07 Å². The summed E-state index contributed by atoms with van der Waals surface area (Å²) in [7, 11) is 0. The first-order valence-corrected chi connectivity index (χ1v) is 5.95. The summed E-state index contributed by atoms with van der Waals surface area (Å²) in [4.78, 5) is 20.1. The normalized spacial score (nSPS) is 19.6. The first-order valence-electron chi connectivity index (χ1n) is 5.58. The molecule has 16 heavy (non-hydrogen) atoms. The van der Waals surface area contributed by atoms with Gasteiger partial charge in [0.2, 0.25) is 5.91 Å². The van der Waals surface area contributed by atoms with Gasteiger partial charge in [0.1, 0.15) is 16.8 Å². The second-order valence-electron chi connectivity index (χ2n) is 4.47. The number of hydrogen-bond donors (Lipinski definition) is 1. The van der Waals surface area contributed by atoms with Crippen molar-refractivity contribution in [3.63, 3.8) is 0 Å². The smallest absolute Gasteiger partial charge is 0.228 e. The summed E-state index contributed by atoms with van der Waals surface area (Å²) >= 11 is 5.90. The van der Waals surface area contributed by atoms with Crippen molar-refractivity contribution < 1.29 is 4.79 Å². The summed E-state index contributed by atoms with van der Waals surface area (Å²) in [6, 6.07) is 1.60. The van der Waals surface area contributed by atoms with Crippen LogP contribution < -0.4 is 5.32 Å². The first kappa shape index (κ1) is 10.0. The van der Waals surface area contributed by atoms with Crippen LogP contribution >= 0.6 is 11.6 Å². The molecule has 2 aliphatic carbocycles. The van der Waals surface area contributed by atoms with Gasteiger partial charge >= 0.3 is 0 Å². The van der Waals surface area contributed by atoms with Crippen molar-refractivity contribution in [3.8, 4) is 0 Å². The molecule has 2 saturated carbocycles. The quantitative estimate of drug-likeness (QED) is 0.821. The molecule has 0 bridgehead atoms. The molecule has 0 aromatic carbocycles. The summed E-state index contributed by atoms with van der Waals surface area (Å²) in [6.07, 6.45) is 4.22. The van der Waals surface area contributed by atoms with Crippen LogP contribution in [0, 0.1) is 5.92 Å². The molecule has 1 amide bonds. The molecule has 2 aliphatic rings. The zero-order valence-corrected chi connectivity index (χ0v) is 9.50. The fourth-order valence-electron chi connectivity index (χ4n) is 1.60. The summed E-state index contributed by atoms with van der Waals surface area (Å²) in [6.45, 7) is 0. The van der Waals surface area contributed by atoms with Gasteiger partial charge in [-0.1, -0.05) is 11.6 Å². The predicted octanol–water partition coefficient (Wildman–Crippen LogP) is 2.36. The highest BCUT2D eigenvalue weighted by molar-refractivity contribution is 6.29. The molecule has 0 aliphatic heterocycles. The van der Waals surface area contributed by atoms with Gasteiger partial charge in [-0.2, -0.15) is 0 Å². The number of anilines is 1. The fraction of sp³-hybridized carbons (Fsp3) is 0.545. The van der Waals surface area contributed by atoms with E-state index in [2.05, 4.69) is 15.3 Å². The monoisotopic (exact) mass is 237 g/mol. The number of nitrogens with one attached hydrogen (secondary N) is 1. The van der Waals surface area contributed by atoms with Gasteiger partial charge in [-0.25, -0.2) is 9.97 Å². The van der Waals surface area contributed by atoms with E-state index in [9.17, 15) is 4.79 Å². The summed E-state index contributed by atoms with van der Waals surface area (Å²) in [5, 5.41) is 3.20. The molecule has 3 rings (SSSR count). The van der Waals surface area contributed by atoms with E-state index >= 15 is 0 Å². The minimum absolute atomic E-state index is 0.0523. The SMILES string of the molecule is O=C(Nc1cc(Cl)nc(C2CC2)n1)C1CC1. The van der Waals surface area contributed by atoms with Gasteiger partial charge in [0.25, 0.3) is 0 Å². The molecule has 2 fully saturated rings. The van der Waals surface area contributed by atoms with E-state index in [1.165, 1.54) is 0 Å². The minimum Gasteiger partial charge on any atom is -0.310 e. The Hall–Kier alpha value is -1.16. The topological polar surface area (TPSA) is 54.9 Å². The van der Waals surface area contributed by atoms with Crippen LogP contribution in [-0.4, -0.2) is 15.9 Å². The van der Waals surface area contributed by atoms with Crippen molar-refractivity contribution in [2.75, 3.05) is 5.32 Å². The van der Waals surface area contributed by atoms with E-state index < -0.39 is 0 Å². The molecule has 1 aromatic heterocycles. The third-order valence-corrected chi connectivity index (χ3v) is 3.05. The van der Waals surface area contributed by atoms with Crippen molar-refractivity contribution in [1.82, 2.24) is 9.97 Å². The minimum atomic E-state index is 0.0523. The Labute approximate surface area is 98.4 Å². The Morgan fingerprint density at radius 2 is 2.06 bits per heavy atom. The number of aromatic nitrogens is 2. The average molecular weight is 238 g/mol. The Morgan fingerprint density at radius 1 is 1.31 bits per heavy atom. The second kappa shape index (κ2) is 3.70.